The second-order valence-corrected chi connectivity index (χ2v) is 7.56. The Morgan fingerprint density at radius 3 is 2.55 bits per heavy atom. The molecule has 0 spiro atoms. The Labute approximate surface area is 174 Å². The highest BCUT2D eigenvalue weighted by Crippen LogP contribution is 2.37. The third-order valence-corrected chi connectivity index (χ3v) is 5.58. The molecule has 0 aliphatic carbocycles. The minimum absolute atomic E-state index is 0.0444. The van der Waals surface area contributed by atoms with E-state index in [-0.39, 0.29) is 29.0 Å². The van der Waals surface area contributed by atoms with Gasteiger partial charge in [0.25, 0.3) is 5.56 Å². The number of aromatic nitrogens is 1. The van der Waals surface area contributed by atoms with E-state index < -0.39 is 42.0 Å². The molecule has 1 unspecified atom stereocenters. The number of hydrogen-bond acceptors (Lipinski definition) is 4. The molecule has 1 saturated heterocycles. The lowest BCUT2D eigenvalue weighted by Gasteiger charge is -2.15. The lowest BCUT2D eigenvalue weighted by atomic mass is 9.92. The molecule has 31 heavy (non-hydrogen) atoms. The van der Waals surface area contributed by atoms with Gasteiger partial charge in [-0.15, -0.1) is 0 Å². The number of aliphatic hydroxyl groups is 2. The fraction of sp³-hybridized carbons (Fsp3) is 0.273. The molecule has 0 radical (unpaired) electrons. The number of rotatable bonds is 4. The first-order chi connectivity index (χ1) is 14.7. The van der Waals surface area contributed by atoms with E-state index in [2.05, 4.69) is 10.3 Å². The van der Waals surface area contributed by atoms with Crippen LogP contribution in [-0.2, 0) is 11.0 Å². The molecule has 3 atom stereocenters. The van der Waals surface area contributed by atoms with Crippen molar-refractivity contribution in [2.45, 2.75) is 30.7 Å². The van der Waals surface area contributed by atoms with E-state index in [1.807, 2.05) is 0 Å². The van der Waals surface area contributed by atoms with Crippen LogP contribution >= 0.6 is 0 Å². The van der Waals surface area contributed by atoms with Crippen LogP contribution in [0, 0.1) is 0 Å². The van der Waals surface area contributed by atoms with E-state index in [1.54, 1.807) is 12.1 Å². The Morgan fingerprint density at radius 2 is 1.84 bits per heavy atom. The van der Waals surface area contributed by atoms with Crippen molar-refractivity contribution in [2.75, 3.05) is 6.61 Å². The molecule has 0 saturated carbocycles. The number of fused-ring (bicyclic) bond motifs is 1. The predicted molar refractivity (Wildman–Crippen MR) is 107 cm³/mol. The van der Waals surface area contributed by atoms with Crippen molar-refractivity contribution in [1.29, 1.82) is 0 Å². The lowest BCUT2D eigenvalue weighted by molar-refractivity contribution is -0.137. The number of pyridine rings is 1. The van der Waals surface area contributed by atoms with Gasteiger partial charge < -0.3 is 20.5 Å². The summed E-state index contributed by atoms with van der Waals surface area (Å²) in [6.07, 6.45) is -5.41. The second kappa shape index (κ2) is 7.82. The Hall–Kier alpha value is -3.17. The zero-order chi connectivity index (χ0) is 22.3. The number of hydrogen-bond donors (Lipinski definition) is 4. The molecule has 3 aromatic rings. The topological polar surface area (TPSA) is 102 Å². The minimum Gasteiger partial charge on any atom is -0.394 e. The van der Waals surface area contributed by atoms with Gasteiger partial charge >= 0.3 is 6.18 Å². The fourth-order valence-electron chi connectivity index (χ4n) is 3.98. The van der Waals surface area contributed by atoms with E-state index in [4.69, 9.17) is 5.11 Å². The third-order valence-electron chi connectivity index (χ3n) is 5.58. The number of halogens is 3. The Morgan fingerprint density at radius 1 is 1.10 bits per heavy atom. The second-order valence-electron chi connectivity index (χ2n) is 7.56. The van der Waals surface area contributed by atoms with Gasteiger partial charge in [0.15, 0.2) is 0 Å². The van der Waals surface area contributed by atoms with Crippen molar-refractivity contribution in [3.8, 4) is 11.3 Å². The van der Waals surface area contributed by atoms with Crippen LogP contribution in [0.1, 0.15) is 23.5 Å². The first-order valence-electron chi connectivity index (χ1n) is 9.62. The van der Waals surface area contributed by atoms with Crippen LogP contribution in [0.3, 0.4) is 0 Å². The maximum atomic E-state index is 13.4. The zero-order valence-corrected chi connectivity index (χ0v) is 16.1. The number of amides is 1. The molecule has 1 aliphatic heterocycles. The molecule has 2 aromatic carbocycles. The van der Waals surface area contributed by atoms with Crippen molar-refractivity contribution in [3.05, 3.63) is 70.0 Å². The normalized spacial score (nSPS) is 20.1. The molecule has 1 aliphatic rings. The van der Waals surface area contributed by atoms with Crippen molar-refractivity contribution < 1.29 is 28.2 Å². The third kappa shape index (κ3) is 3.94. The monoisotopic (exact) mass is 432 g/mol. The summed E-state index contributed by atoms with van der Waals surface area (Å²) in [7, 11) is 0. The van der Waals surface area contributed by atoms with E-state index in [9.17, 15) is 27.9 Å². The minimum atomic E-state index is -4.57. The van der Waals surface area contributed by atoms with Crippen LogP contribution in [0.5, 0.6) is 0 Å². The molecule has 1 fully saturated rings. The molecule has 4 N–H and O–H groups in total. The zero-order valence-electron chi connectivity index (χ0n) is 16.1. The fourth-order valence-corrected chi connectivity index (χ4v) is 3.98. The lowest BCUT2D eigenvalue weighted by Crippen LogP contribution is -2.38. The molecule has 1 amide bonds. The number of alkyl halides is 3. The number of nitrogens with one attached hydrogen (secondary N) is 2. The Bertz CT molecular complexity index is 1210. The first-order valence-corrected chi connectivity index (χ1v) is 9.62. The van der Waals surface area contributed by atoms with Gasteiger partial charge in [-0.25, -0.2) is 0 Å². The number of aromatic amines is 1. The first kappa shape index (κ1) is 21.1. The summed E-state index contributed by atoms with van der Waals surface area (Å²) in [5.41, 5.74) is -0.960. The van der Waals surface area contributed by atoms with E-state index >= 15 is 0 Å². The molecular weight excluding hydrogens is 413 g/mol. The van der Waals surface area contributed by atoms with Gasteiger partial charge in [0.05, 0.1) is 30.2 Å². The molecule has 9 heteroatoms. The number of aliphatic hydroxyl groups excluding tert-OH is 2. The Balaban J connectivity index is 1.74. The molecule has 162 valence electrons. The SMILES string of the molecule is O=C1NC([C@H](O)CO)C[C@H]1c1ccc2cc(-c3ccccc3C(F)(F)F)[nH]c(=O)c2c1. The summed E-state index contributed by atoms with van der Waals surface area (Å²) in [5, 5.41) is 22.2. The highest BCUT2D eigenvalue weighted by atomic mass is 19.4. The average Bonchev–Trinajstić information content (AvgIpc) is 3.14. The largest absolute Gasteiger partial charge is 0.417 e. The molecule has 1 aromatic heterocycles. The smallest absolute Gasteiger partial charge is 0.394 e. The summed E-state index contributed by atoms with van der Waals surface area (Å²) in [4.78, 5) is 27.5. The predicted octanol–water partition coefficient (Wildman–Crippen LogP) is 2.54. The van der Waals surface area contributed by atoms with Gasteiger partial charge in [-0.05, 0) is 35.6 Å². The van der Waals surface area contributed by atoms with Gasteiger partial charge in [0, 0.05) is 16.6 Å². The van der Waals surface area contributed by atoms with Crippen molar-refractivity contribution in [1.82, 2.24) is 10.3 Å². The van der Waals surface area contributed by atoms with E-state index in [0.29, 0.717) is 10.9 Å². The van der Waals surface area contributed by atoms with Gasteiger partial charge in [-0.3, -0.25) is 9.59 Å². The summed E-state index contributed by atoms with van der Waals surface area (Å²) in [6.45, 7) is -0.489. The van der Waals surface area contributed by atoms with Crippen LogP contribution in [0.4, 0.5) is 13.2 Å². The number of H-pyrrole nitrogens is 1. The highest BCUT2D eigenvalue weighted by molar-refractivity contribution is 5.90. The highest BCUT2D eigenvalue weighted by Gasteiger charge is 2.37. The van der Waals surface area contributed by atoms with E-state index in [1.165, 1.54) is 30.3 Å². The standard InChI is InChI=1S/C22H19F3N2O4/c23-22(24,25)16-4-2-1-3-13(16)17-8-12-6-5-11(7-14(12)20(30)26-17)15-9-18(19(29)10-28)27-21(15)31/h1-8,15,18-19,28-29H,9-10H2,(H,26,30)(H,27,31)/t15-,18?,19+/m0/s1. The molecule has 4 rings (SSSR count). The van der Waals surface area contributed by atoms with Crippen LogP contribution in [0.15, 0.2) is 53.3 Å². The van der Waals surface area contributed by atoms with Gasteiger partial charge in [0.2, 0.25) is 5.91 Å². The van der Waals surface area contributed by atoms with Crippen LogP contribution < -0.4 is 10.9 Å². The maximum absolute atomic E-state index is 13.4. The van der Waals surface area contributed by atoms with Crippen molar-refractivity contribution in [2.24, 2.45) is 0 Å². The van der Waals surface area contributed by atoms with Crippen molar-refractivity contribution >= 4 is 16.7 Å². The number of carbonyl (C=O) groups excluding carboxylic acids is 1. The molecule has 0 bridgehead atoms. The number of carbonyl (C=O) groups is 1. The van der Waals surface area contributed by atoms with Crippen molar-refractivity contribution in [3.63, 3.8) is 0 Å². The molecular formula is C22H19F3N2O4. The van der Waals surface area contributed by atoms with Crippen LogP contribution in [0.25, 0.3) is 22.0 Å². The van der Waals surface area contributed by atoms with E-state index in [0.717, 1.165) is 6.07 Å². The average molecular weight is 432 g/mol. The summed E-state index contributed by atoms with van der Waals surface area (Å²) in [6, 6.07) is 10.6. The summed E-state index contributed by atoms with van der Waals surface area (Å²) in [5.74, 6) is -0.940. The molecule has 6 nitrogen and oxygen atoms in total. The van der Waals surface area contributed by atoms with Gasteiger partial charge in [0.1, 0.15) is 0 Å². The van der Waals surface area contributed by atoms with Crippen LogP contribution in [-0.4, -0.2) is 39.9 Å². The van der Waals surface area contributed by atoms with Crippen LogP contribution in [0.2, 0.25) is 0 Å². The molecule has 2 heterocycles. The number of benzene rings is 2. The van der Waals surface area contributed by atoms with Gasteiger partial charge in [-0.2, -0.15) is 13.2 Å². The van der Waals surface area contributed by atoms with Gasteiger partial charge in [-0.1, -0.05) is 30.3 Å². The summed E-state index contributed by atoms with van der Waals surface area (Å²) >= 11 is 0. The quantitative estimate of drug-likeness (QED) is 0.509. The summed E-state index contributed by atoms with van der Waals surface area (Å²) < 4.78 is 40.1. The maximum Gasteiger partial charge on any atom is 0.417 e. The Kier molecular flexibility index (Phi) is 5.32.